The summed E-state index contributed by atoms with van der Waals surface area (Å²) < 4.78 is 11.3. The van der Waals surface area contributed by atoms with Crippen LogP contribution in [-0.4, -0.2) is 23.7 Å². The quantitative estimate of drug-likeness (QED) is 0.808. The topological polar surface area (TPSA) is 47.3 Å². The van der Waals surface area contributed by atoms with Gasteiger partial charge in [-0.05, 0) is 46.7 Å². The van der Waals surface area contributed by atoms with Gasteiger partial charge in [0.15, 0.2) is 0 Å². The van der Waals surface area contributed by atoms with Crippen molar-refractivity contribution in [1.82, 2.24) is 10.3 Å². The van der Waals surface area contributed by atoms with Crippen molar-refractivity contribution in [3.8, 4) is 6.08 Å². The number of nitrogens with one attached hydrogen (secondary N) is 1. The van der Waals surface area contributed by atoms with Gasteiger partial charge >= 0.3 is 6.08 Å². The Balaban J connectivity index is 2.06. The number of piperidine rings is 1. The monoisotopic (exact) mass is 210 g/mol. The number of oxazole rings is 1. The molecular formula is C11H18N2O2. The number of hydrogen-bond acceptors (Lipinski definition) is 4. The summed E-state index contributed by atoms with van der Waals surface area (Å²) in [5, 5.41) is 3.31. The second kappa shape index (κ2) is 3.85. The Morgan fingerprint density at radius 2 is 2.00 bits per heavy atom. The molecule has 0 atom stereocenters. The van der Waals surface area contributed by atoms with Gasteiger partial charge in [0, 0.05) is 0 Å². The van der Waals surface area contributed by atoms with E-state index in [-0.39, 0.29) is 5.60 Å². The molecule has 84 valence electrons. The third-order valence-corrected chi connectivity index (χ3v) is 3.00. The first-order valence-corrected chi connectivity index (χ1v) is 5.43. The lowest BCUT2D eigenvalue weighted by Gasteiger charge is -2.32. The van der Waals surface area contributed by atoms with Gasteiger partial charge in [0.05, 0.1) is 5.69 Å². The van der Waals surface area contributed by atoms with Crippen molar-refractivity contribution in [3.05, 3.63) is 11.5 Å². The zero-order valence-electron chi connectivity index (χ0n) is 9.59. The van der Waals surface area contributed by atoms with Gasteiger partial charge in [-0.2, -0.15) is 4.98 Å². The minimum absolute atomic E-state index is 0.130. The van der Waals surface area contributed by atoms with Gasteiger partial charge in [0.25, 0.3) is 0 Å². The predicted molar refractivity (Wildman–Crippen MR) is 57.1 cm³/mol. The molecule has 2 rings (SSSR count). The maximum absolute atomic E-state index is 5.83. The van der Waals surface area contributed by atoms with Crippen molar-refractivity contribution >= 4 is 0 Å². The van der Waals surface area contributed by atoms with Crippen molar-refractivity contribution in [2.45, 2.75) is 39.2 Å². The third kappa shape index (κ3) is 2.31. The predicted octanol–water partition coefficient (Wildman–Crippen LogP) is 1.81. The number of aromatic nitrogens is 1. The molecule has 0 aliphatic carbocycles. The second-order valence-electron chi connectivity index (χ2n) is 4.42. The van der Waals surface area contributed by atoms with Crippen LogP contribution in [0.4, 0.5) is 0 Å². The molecule has 1 aromatic rings. The van der Waals surface area contributed by atoms with Crippen molar-refractivity contribution in [3.63, 3.8) is 0 Å². The van der Waals surface area contributed by atoms with Gasteiger partial charge in [-0.3, -0.25) is 0 Å². The Kier molecular flexibility index (Phi) is 2.69. The molecule has 0 aromatic carbocycles. The fraction of sp³-hybridized carbons (Fsp3) is 0.727. The average Bonchev–Trinajstić information content (AvgIpc) is 2.46. The Hall–Kier alpha value is -1.03. The van der Waals surface area contributed by atoms with Crippen LogP contribution in [0.5, 0.6) is 6.08 Å². The molecule has 1 N–H and O–H groups in total. The zero-order valence-corrected chi connectivity index (χ0v) is 9.59. The summed E-state index contributed by atoms with van der Waals surface area (Å²) in [7, 11) is 0. The normalized spacial score (nSPS) is 20.2. The van der Waals surface area contributed by atoms with Crippen molar-refractivity contribution in [2.75, 3.05) is 13.1 Å². The highest BCUT2D eigenvalue weighted by Gasteiger charge is 2.30. The smallest absolute Gasteiger partial charge is 0.394 e. The van der Waals surface area contributed by atoms with E-state index in [9.17, 15) is 0 Å². The molecule has 15 heavy (non-hydrogen) atoms. The molecule has 0 spiro atoms. The highest BCUT2D eigenvalue weighted by Crippen LogP contribution is 2.26. The molecule has 0 radical (unpaired) electrons. The molecule has 0 saturated carbocycles. The fourth-order valence-electron chi connectivity index (χ4n) is 1.76. The molecule has 4 heteroatoms. The molecule has 1 fully saturated rings. The standard InChI is InChI=1S/C11H18N2O2/c1-8-9(2)14-10(13-8)15-11(3)4-6-12-7-5-11/h12H,4-7H2,1-3H3. The molecular weight excluding hydrogens is 192 g/mol. The minimum atomic E-state index is -0.130. The van der Waals surface area contributed by atoms with Crippen LogP contribution in [0, 0.1) is 13.8 Å². The Morgan fingerprint density at radius 1 is 1.33 bits per heavy atom. The van der Waals surface area contributed by atoms with Crippen molar-refractivity contribution in [2.24, 2.45) is 0 Å². The van der Waals surface area contributed by atoms with E-state index in [1.54, 1.807) is 0 Å². The summed E-state index contributed by atoms with van der Waals surface area (Å²) in [6, 6.07) is 0. The van der Waals surface area contributed by atoms with Crippen LogP contribution in [0.1, 0.15) is 31.2 Å². The maximum Gasteiger partial charge on any atom is 0.394 e. The van der Waals surface area contributed by atoms with Gasteiger partial charge in [0.1, 0.15) is 11.4 Å². The first-order valence-electron chi connectivity index (χ1n) is 5.43. The molecule has 0 unspecified atom stereocenters. The van der Waals surface area contributed by atoms with Crippen LogP contribution in [0.15, 0.2) is 4.42 Å². The molecule has 2 heterocycles. The summed E-state index contributed by atoms with van der Waals surface area (Å²) in [6.07, 6.45) is 2.40. The highest BCUT2D eigenvalue weighted by molar-refractivity contribution is 5.08. The summed E-state index contributed by atoms with van der Waals surface area (Å²) in [4.78, 5) is 4.24. The van der Waals surface area contributed by atoms with E-state index in [1.165, 1.54) is 0 Å². The maximum atomic E-state index is 5.83. The summed E-state index contributed by atoms with van der Waals surface area (Å²) in [5.41, 5.74) is 0.775. The highest BCUT2D eigenvalue weighted by atomic mass is 16.6. The fourth-order valence-corrected chi connectivity index (χ4v) is 1.76. The molecule has 1 aliphatic heterocycles. The lowest BCUT2D eigenvalue weighted by atomic mass is 9.95. The Morgan fingerprint density at radius 3 is 2.53 bits per heavy atom. The van der Waals surface area contributed by atoms with Gasteiger partial charge in [-0.25, -0.2) is 0 Å². The number of ether oxygens (including phenoxy) is 1. The molecule has 1 saturated heterocycles. The van der Waals surface area contributed by atoms with Crippen LogP contribution in [-0.2, 0) is 0 Å². The first kappa shape index (κ1) is 10.5. The van der Waals surface area contributed by atoms with E-state index in [1.807, 2.05) is 13.8 Å². The van der Waals surface area contributed by atoms with E-state index >= 15 is 0 Å². The molecule has 1 aliphatic rings. The van der Waals surface area contributed by atoms with Gasteiger partial charge in [0.2, 0.25) is 0 Å². The van der Waals surface area contributed by atoms with Crippen LogP contribution in [0.25, 0.3) is 0 Å². The van der Waals surface area contributed by atoms with E-state index in [2.05, 4.69) is 17.2 Å². The first-order chi connectivity index (χ1) is 7.09. The summed E-state index contributed by atoms with van der Waals surface area (Å²) in [5.74, 6) is 0.836. The number of nitrogens with zero attached hydrogens (tertiary/aromatic N) is 1. The van der Waals surface area contributed by atoms with Crippen LogP contribution in [0.3, 0.4) is 0 Å². The Bertz CT molecular complexity index is 321. The largest absolute Gasteiger partial charge is 0.444 e. The summed E-state index contributed by atoms with van der Waals surface area (Å²) in [6.45, 7) is 7.93. The van der Waals surface area contributed by atoms with Crippen LogP contribution in [0.2, 0.25) is 0 Å². The lowest BCUT2D eigenvalue weighted by Crippen LogP contribution is -2.43. The summed E-state index contributed by atoms with van der Waals surface area (Å²) >= 11 is 0. The average molecular weight is 210 g/mol. The van der Waals surface area contributed by atoms with E-state index < -0.39 is 0 Å². The molecule has 0 amide bonds. The second-order valence-corrected chi connectivity index (χ2v) is 4.42. The third-order valence-electron chi connectivity index (χ3n) is 3.00. The molecule has 1 aromatic heterocycles. The van der Waals surface area contributed by atoms with Crippen LogP contribution >= 0.6 is 0 Å². The number of aryl methyl sites for hydroxylation is 2. The van der Waals surface area contributed by atoms with Gasteiger partial charge < -0.3 is 14.5 Å². The SMILES string of the molecule is Cc1nc(OC2(C)CCNCC2)oc1C. The minimum Gasteiger partial charge on any atom is -0.444 e. The van der Waals surface area contributed by atoms with E-state index in [4.69, 9.17) is 9.15 Å². The van der Waals surface area contributed by atoms with Crippen LogP contribution < -0.4 is 10.1 Å². The molecule has 4 nitrogen and oxygen atoms in total. The number of rotatable bonds is 2. The van der Waals surface area contributed by atoms with Gasteiger partial charge in [-0.1, -0.05) is 0 Å². The Labute approximate surface area is 90.0 Å². The van der Waals surface area contributed by atoms with Crippen molar-refractivity contribution in [1.29, 1.82) is 0 Å². The zero-order chi connectivity index (χ0) is 10.9. The number of hydrogen-bond donors (Lipinski definition) is 1. The van der Waals surface area contributed by atoms with E-state index in [0.717, 1.165) is 37.4 Å². The molecule has 0 bridgehead atoms. The van der Waals surface area contributed by atoms with E-state index in [0.29, 0.717) is 6.08 Å². The lowest BCUT2D eigenvalue weighted by molar-refractivity contribution is 0.0254. The van der Waals surface area contributed by atoms with Crippen molar-refractivity contribution < 1.29 is 9.15 Å². The van der Waals surface area contributed by atoms with Gasteiger partial charge in [-0.15, -0.1) is 0 Å².